The third-order valence-electron chi connectivity index (χ3n) is 3.03. The van der Waals surface area contributed by atoms with E-state index in [0.29, 0.717) is 6.04 Å². The molecule has 17 heavy (non-hydrogen) atoms. The van der Waals surface area contributed by atoms with E-state index in [2.05, 4.69) is 36.8 Å². The first-order valence-electron chi connectivity index (χ1n) is 6.55. The van der Waals surface area contributed by atoms with Crippen molar-refractivity contribution < 1.29 is 0 Å². The molecule has 1 unspecified atom stereocenters. The van der Waals surface area contributed by atoms with Crippen molar-refractivity contribution in [3.05, 3.63) is 42.2 Å². The Hall–Kier alpha value is -1.15. The number of nitrogens with one attached hydrogen (secondary N) is 1. The SMILES string of the molecule is C=C(CC)CC(CCc1cccnc1)NCC. The number of hydrogen-bond acceptors (Lipinski definition) is 2. The van der Waals surface area contributed by atoms with Gasteiger partial charge in [-0.25, -0.2) is 0 Å². The van der Waals surface area contributed by atoms with E-state index in [1.165, 1.54) is 11.1 Å². The van der Waals surface area contributed by atoms with Crippen LogP contribution in [0.2, 0.25) is 0 Å². The highest BCUT2D eigenvalue weighted by Crippen LogP contribution is 2.12. The van der Waals surface area contributed by atoms with Crippen molar-refractivity contribution in [3.63, 3.8) is 0 Å². The average molecular weight is 232 g/mol. The van der Waals surface area contributed by atoms with Crippen LogP contribution < -0.4 is 5.32 Å². The second-order valence-electron chi connectivity index (χ2n) is 4.46. The molecule has 2 nitrogen and oxygen atoms in total. The summed E-state index contributed by atoms with van der Waals surface area (Å²) >= 11 is 0. The van der Waals surface area contributed by atoms with Crippen molar-refractivity contribution in [2.45, 2.75) is 45.6 Å². The predicted octanol–water partition coefficient (Wildman–Crippen LogP) is 3.35. The fourth-order valence-corrected chi connectivity index (χ4v) is 1.94. The van der Waals surface area contributed by atoms with E-state index in [0.717, 1.165) is 32.2 Å². The Morgan fingerprint density at radius 2 is 2.29 bits per heavy atom. The lowest BCUT2D eigenvalue weighted by atomic mass is 9.99. The molecule has 0 saturated carbocycles. The largest absolute Gasteiger partial charge is 0.314 e. The predicted molar refractivity (Wildman–Crippen MR) is 74.1 cm³/mol. The van der Waals surface area contributed by atoms with Gasteiger partial charge in [0.05, 0.1) is 0 Å². The zero-order valence-electron chi connectivity index (χ0n) is 11.1. The van der Waals surface area contributed by atoms with E-state index in [9.17, 15) is 0 Å². The number of aryl methyl sites for hydroxylation is 1. The Bertz CT molecular complexity index is 319. The lowest BCUT2D eigenvalue weighted by Crippen LogP contribution is -2.29. The Balaban J connectivity index is 2.41. The number of hydrogen-bond donors (Lipinski definition) is 1. The van der Waals surface area contributed by atoms with Crippen LogP contribution in [-0.4, -0.2) is 17.6 Å². The van der Waals surface area contributed by atoms with Gasteiger partial charge in [0.1, 0.15) is 0 Å². The minimum absolute atomic E-state index is 0.549. The fraction of sp³-hybridized carbons (Fsp3) is 0.533. The molecular weight excluding hydrogens is 208 g/mol. The van der Waals surface area contributed by atoms with Gasteiger partial charge >= 0.3 is 0 Å². The molecular formula is C15H24N2. The zero-order valence-corrected chi connectivity index (χ0v) is 11.1. The molecule has 0 aliphatic heterocycles. The summed E-state index contributed by atoms with van der Waals surface area (Å²) in [6.45, 7) is 9.45. The van der Waals surface area contributed by atoms with Crippen LogP contribution in [0.5, 0.6) is 0 Å². The minimum atomic E-state index is 0.549. The Morgan fingerprint density at radius 1 is 1.47 bits per heavy atom. The summed E-state index contributed by atoms with van der Waals surface area (Å²) in [5.41, 5.74) is 2.65. The molecule has 0 amide bonds. The second-order valence-corrected chi connectivity index (χ2v) is 4.46. The summed E-state index contributed by atoms with van der Waals surface area (Å²) in [6, 6.07) is 4.69. The quantitative estimate of drug-likeness (QED) is 0.695. The van der Waals surface area contributed by atoms with Gasteiger partial charge < -0.3 is 5.32 Å². The normalized spacial score (nSPS) is 12.4. The van der Waals surface area contributed by atoms with Crippen LogP contribution in [0.15, 0.2) is 36.7 Å². The van der Waals surface area contributed by atoms with E-state index in [-0.39, 0.29) is 0 Å². The summed E-state index contributed by atoms with van der Waals surface area (Å²) in [4.78, 5) is 4.15. The van der Waals surface area contributed by atoms with Crippen molar-refractivity contribution in [1.29, 1.82) is 0 Å². The molecule has 1 N–H and O–H groups in total. The standard InChI is InChI=1S/C15H24N2/c1-4-13(3)11-15(17-5-2)9-8-14-7-6-10-16-12-14/h6-7,10,12,15,17H,3-5,8-9,11H2,1-2H3. The molecule has 1 atom stereocenters. The second kappa shape index (κ2) is 8.02. The summed E-state index contributed by atoms with van der Waals surface area (Å²) in [6.07, 6.45) is 8.18. The zero-order chi connectivity index (χ0) is 12.5. The molecule has 0 spiro atoms. The van der Waals surface area contributed by atoms with Gasteiger partial charge in [-0.2, -0.15) is 0 Å². The third kappa shape index (κ3) is 5.64. The molecule has 0 aliphatic rings. The van der Waals surface area contributed by atoms with Crippen molar-refractivity contribution in [1.82, 2.24) is 10.3 Å². The molecule has 1 heterocycles. The van der Waals surface area contributed by atoms with Crippen LogP contribution in [0.1, 0.15) is 38.7 Å². The van der Waals surface area contributed by atoms with Crippen molar-refractivity contribution in [2.75, 3.05) is 6.54 Å². The van der Waals surface area contributed by atoms with Crippen LogP contribution in [0, 0.1) is 0 Å². The maximum absolute atomic E-state index is 4.15. The number of aromatic nitrogens is 1. The first-order chi connectivity index (χ1) is 8.26. The van der Waals surface area contributed by atoms with Crippen LogP contribution in [0.25, 0.3) is 0 Å². The van der Waals surface area contributed by atoms with Gasteiger partial charge in [-0.1, -0.05) is 32.1 Å². The summed E-state index contributed by atoms with van der Waals surface area (Å²) in [5, 5.41) is 3.54. The van der Waals surface area contributed by atoms with Gasteiger partial charge in [-0.15, -0.1) is 0 Å². The minimum Gasteiger partial charge on any atom is -0.314 e. The number of rotatable bonds is 8. The lowest BCUT2D eigenvalue weighted by molar-refractivity contribution is 0.486. The van der Waals surface area contributed by atoms with Crippen LogP contribution in [-0.2, 0) is 6.42 Å². The molecule has 0 radical (unpaired) electrons. The molecule has 2 heteroatoms. The van der Waals surface area contributed by atoms with E-state index in [4.69, 9.17) is 0 Å². The van der Waals surface area contributed by atoms with E-state index in [1.807, 2.05) is 18.5 Å². The van der Waals surface area contributed by atoms with E-state index < -0.39 is 0 Å². The first-order valence-corrected chi connectivity index (χ1v) is 6.55. The fourth-order valence-electron chi connectivity index (χ4n) is 1.94. The van der Waals surface area contributed by atoms with Crippen LogP contribution in [0.4, 0.5) is 0 Å². The summed E-state index contributed by atoms with van der Waals surface area (Å²) in [7, 11) is 0. The van der Waals surface area contributed by atoms with Gasteiger partial charge in [0.15, 0.2) is 0 Å². The first kappa shape index (κ1) is 13.9. The number of nitrogens with zero attached hydrogens (tertiary/aromatic N) is 1. The van der Waals surface area contributed by atoms with Gasteiger partial charge in [0.25, 0.3) is 0 Å². The lowest BCUT2D eigenvalue weighted by Gasteiger charge is -2.18. The monoisotopic (exact) mass is 232 g/mol. The van der Waals surface area contributed by atoms with Gasteiger partial charge in [-0.3, -0.25) is 4.98 Å². The van der Waals surface area contributed by atoms with Gasteiger partial charge in [0, 0.05) is 18.4 Å². The average Bonchev–Trinajstić information content (AvgIpc) is 2.37. The molecule has 94 valence electrons. The van der Waals surface area contributed by atoms with Gasteiger partial charge in [0.2, 0.25) is 0 Å². The Labute approximate surface area is 105 Å². The highest BCUT2D eigenvalue weighted by atomic mass is 14.9. The molecule has 0 saturated heterocycles. The molecule has 1 aromatic heterocycles. The molecule has 1 rings (SSSR count). The Morgan fingerprint density at radius 3 is 2.88 bits per heavy atom. The van der Waals surface area contributed by atoms with Crippen molar-refractivity contribution in [2.24, 2.45) is 0 Å². The third-order valence-corrected chi connectivity index (χ3v) is 3.03. The van der Waals surface area contributed by atoms with Crippen LogP contribution in [0.3, 0.4) is 0 Å². The smallest absolute Gasteiger partial charge is 0.0299 e. The van der Waals surface area contributed by atoms with E-state index in [1.54, 1.807) is 0 Å². The topological polar surface area (TPSA) is 24.9 Å². The summed E-state index contributed by atoms with van der Waals surface area (Å²) in [5.74, 6) is 0. The van der Waals surface area contributed by atoms with Crippen LogP contribution >= 0.6 is 0 Å². The molecule has 1 aromatic rings. The van der Waals surface area contributed by atoms with E-state index >= 15 is 0 Å². The maximum atomic E-state index is 4.15. The molecule has 0 aromatic carbocycles. The van der Waals surface area contributed by atoms with Crippen molar-refractivity contribution >= 4 is 0 Å². The Kier molecular flexibility index (Phi) is 6.56. The summed E-state index contributed by atoms with van der Waals surface area (Å²) < 4.78 is 0. The highest BCUT2D eigenvalue weighted by Gasteiger charge is 2.08. The molecule has 0 aliphatic carbocycles. The number of pyridine rings is 1. The molecule has 0 bridgehead atoms. The maximum Gasteiger partial charge on any atom is 0.0299 e. The van der Waals surface area contributed by atoms with Crippen molar-refractivity contribution in [3.8, 4) is 0 Å². The van der Waals surface area contributed by atoms with Gasteiger partial charge in [-0.05, 0) is 43.9 Å². The highest BCUT2D eigenvalue weighted by molar-refractivity contribution is 5.09. The molecule has 0 fully saturated rings.